The summed E-state index contributed by atoms with van der Waals surface area (Å²) in [6.07, 6.45) is 0. The number of para-hydroxylation sites is 2. The second-order valence-electron chi connectivity index (χ2n) is 21.1. The van der Waals surface area contributed by atoms with Crippen LogP contribution in [-0.4, -0.2) is 9.97 Å². The number of aromatic nitrogens is 2. The maximum Gasteiger partial charge on any atom is 0.114 e. The number of hydrogen-bond acceptors (Lipinski definition) is 4. The fourth-order valence-electron chi connectivity index (χ4n) is 10.1. The minimum absolute atomic E-state index is 0.756. The Kier molecular flexibility index (Phi) is 20.6. The van der Waals surface area contributed by atoms with E-state index in [-0.39, 0.29) is 0 Å². The van der Waals surface area contributed by atoms with Crippen LogP contribution in [0.2, 0.25) is 0 Å². The van der Waals surface area contributed by atoms with Gasteiger partial charge >= 0.3 is 0 Å². The van der Waals surface area contributed by atoms with Crippen LogP contribution in [0, 0.1) is 78.2 Å². The highest BCUT2D eigenvalue weighted by Crippen LogP contribution is 2.31. The normalized spacial score (nSPS) is 10.4. The van der Waals surface area contributed by atoms with Crippen LogP contribution in [0.3, 0.4) is 0 Å². The van der Waals surface area contributed by atoms with E-state index in [1.807, 2.05) is 115 Å². The van der Waals surface area contributed by atoms with Crippen LogP contribution in [0.5, 0.6) is 0 Å². The first kappa shape index (κ1) is 64.1. The molecule has 0 aliphatic rings. The molecule has 0 amide bonds. The van der Waals surface area contributed by atoms with E-state index in [1.165, 1.54) is 30.9 Å². The van der Waals surface area contributed by atoms with E-state index in [9.17, 15) is 0 Å². The Labute approximate surface area is 614 Å². The van der Waals surface area contributed by atoms with E-state index in [4.69, 9.17) is 0 Å². The molecule has 15 aromatic rings. The Morgan fingerprint density at radius 3 is 1.00 bits per heavy atom. The molecule has 0 atom stereocenters. The van der Waals surface area contributed by atoms with E-state index in [0.29, 0.717) is 0 Å². The molecule has 0 saturated carbocycles. The second kappa shape index (κ2) is 30.2. The summed E-state index contributed by atoms with van der Waals surface area (Å²) < 4.78 is 8.48. The quantitative estimate of drug-likeness (QED) is 0.112. The molecule has 0 radical (unpaired) electrons. The summed E-state index contributed by atoms with van der Waals surface area (Å²) in [5.41, 5.74) is 13.1. The van der Waals surface area contributed by atoms with Gasteiger partial charge in [0.05, 0.1) is 11.0 Å². The standard InChI is InChI=1S/C30H16Br2.C28H14I2N2.C26H12Br2S2/c31-29-20-30(32)26(18-16-24-12-6-10-22-8-2-4-14-28(22)24)19-25(29)17-15-23-11-5-9-21-7-1-3-13-27(21)23;29-25-18-26(30)22(12-16-24-14-10-20-6-2-4-8-28(20)32-24)17-21(25)11-15-23-13-9-19-5-1-3-7-27(19)31-23;27-23-14-24(28)18(10-12-20-16-30-26-8-4-2-6-22(20)26)13-17(23)9-11-19-15-29-25-7-3-1-5-21(19)25/h1-14,19-20H;1-10,13-14,17-18H;1-8,13-16H. The second-order valence-corrected chi connectivity index (χ2v) is 28.6. The molecule has 10 heteroatoms. The van der Waals surface area contributed by atoms with Crippen LogP contribution in [0.15, 0.2) is 271 Å². The Balaban J connectivity index is 0.000000128. The molecule has 0 unspecified atom stereocenters. The predicted molar refractivity (Wildman–Crippen MR) is 426 cm³/mol. The topological polar surface area (TPSA) is 25.8 Å². The first-order valence-corrected chi connectivity index (χ1v) is 36.3. The molecule has 0 aliphatic heterocycles. The van der Waals surface area contributed by atoms with Gasteiger partial charge in [-0.3, -0.25) is 0 Å². The van der Waals surface area contributed by atoms with Crippen LogP contribution < -0.4 is 0 Å². The van der Waals surface area contributed by atoms with Gasteiger partial charge in [0.1, 0.15) is 11.4 Å². The Morgan fingerprint density at radius 1 is 0.255 bits per heavy atom. The molecule has 0 fully saturated rings. The number of pyridine rings is 2. The minimum atomic E-state index is 0.756. The molecule has 4 heterocycles. The molecule has 0 N–H and O–H groups in total. The van der Waals surface area contributed by atoms with Crippen LogP contribution in [0.25, 0.3) is 63.5 Å². The number of hydrogen-bond donors (Lipinski definition) is 0. The van der Waals surface area contributed by atoms with Crippen molar-refractivity contribution in [1.29, 1.82) is 0 Å². The fourth-order valence-corrected chi connectivity index (χ4v) is 16.1. The summed E-state index contributed by atoms with van der Waals surface area (Å²) in [6, 6.07) is 82.2. The lowest BCUT2D eigenvalue weighted by Crippen LogP contribution is -1.91. The number of halogens is 6. The lowest BCUT2D eigenvalue weighted by molar-refractivity contribution is 1.36. The lowest BCUT2D eigenvalue weighted by Gasteiger charge is -2.03. The van der Waals surface area contributed by atoms with Crippen molar-refractivity contribution in [3.63, 3.8) is 0 Å². The average molecular weight is 1720 g/mol. The van der Waals surface area contributed by atoms with Crippen molar-refractivity contribution in [2.24, 2.45) is 0 Å². The Bertz CT molecular complexity index is 5560. The molecule has 0 spiro atoms. The van der Waals surface area contributed by atoms with E-state index in [2.05, 4.69) is 328 Å². The van der Waals surface area contributed by atoms with Gasteiger partial charge in [-0.2, -0.15) is 0 Å². The van der Waals surface area contributed by atoms with Crippen molar-refractivity contribution in [1.82, 2.24) is 9.97 Å². The van der Waals surface area contributed by atoms with Gasteiger partial charge in [0.25, 0.3) is 0 Å². The van der Waals surface area contributed by atoms with Gasteiger partial charge in [0.2, 0.25) is 0 Å². The first-order valence-electron chi connectivity index (χ1n) is 29.2. The number of fused-ring (bicyclic) bond motifs is 6. The summed E-state index contributed by atoms with van der Waals surface area (Å²) in [6.45, 7) is 0. The zero-order valence-electron chi connectivity index (χ0n) is 49.2. The fraction of sp³-hybridized carbons (Fsp3) is 0. The van der Waals surface area contributed by atoms with Crippen molar-refractivity contribution in [3.8, 4) is 71.0 Å². The van der Waals surface area contributed by atoms with Crippen LogP contribution in [0.1, 0.15) is 67.0 Å². The number of rotatable bonds is 0. The summed E-state index contributed by atoms with van der Waals surface area (Å²) >= 11 is 22.7. The molecular weight excluding hydrogens is 1670 g/mol. The average Bonchev–Trinajstić information content (AvgIpc) is 1.30. The molecule has 0 bridgehead atoms. The first-order chi connectivity index (χ1) is 46.0. The van der Waals surface area contributed by atoms with Gasteiger partial charge in [-0.05, 0) is 227 Å². The third kappa shape index (κ3) is 15.5. The van der Waals surface area contributed by atoms with Crippen molar-refractivity contribution < 1.29 is 0 Å². The summed E-state index contributed by atoms with van der Waals surface area (Å²) in [7, 11) is 0. The van der Waals surface area contributed by atoms with Crippen molar-refractivity contribution in [2.45, 2.75) is 0 Å². The minimum Gasteiger partial charge on any atom is -0.239 e. The highest BCUT2D eigenvalue weighted by atomic mass is 127. The third-order valence-electron chi connectivity index (χ3n) is 14.9. The van der Waals surface area contributed by atoms with Crippen LogP contribution >= 0.6 is 132 Å². The number of nitrogens with zero attached hydrogens (tertiary/aromatic N) is 2. The van der Waals surface area contributed by atoms with E-state index in [0.717, 1.165) is 125 Å². The van der Waals surface area contributed by atoms with Crippen LogP contribution in [-0.2, 0) is 0 Å². The SMILES string of the molecule is Brc1cc(Br)c(C#Cc2cccc3ccccc23)cc1C#Cc1cccc2ccccc12.Brc1cc(Br)c(C#Cc2csc3ccccc23)cc1C#Cc1csc2ccccc12.Ic1cc(I)c(C#Cc2ccc3ccccc3n2)cc1C#Cc1ccc2ccccc2n1. The third-order valence-corrected chi connectivity index (χ3v) is 21.2. The molecular formula is C84H42Br4I2N2S2. The summed E-state index contributed by atoms with van der Waals surface area (Å²) in [5, 5.41) is 13.6. The van der Waals surface area contributed by atoms with E-state index >= 15 is 0 Å². The maximum atomic E-state index is 4.65. The monoisotopic (exact) mass is 1710 g/mol. The van der Waals surface area contributed by atoms with Crippen LogP contribution in [0.4, 0.5) is 0 Å². The van der Waals surface area contributed by atoms with Crippen molar-refractivity contribution >= 4 is 195 Å². The van der Waals surface area contributed by atoms with Gasteiger partial charge in [0, 0.05) is 122 Å². The van der Waals surface area contributed by atoms with Crippen molar-refractivity contribution in [3.05, 3.63) is 345 Å². The van der Waals surface area contributed by atoms with Gasteiger partial charge in [-0.1, -0.05) is 217 Å². The molecule has 4 aromatic heterocycles. The molecule has 94 heavy (non-hydrogen) atoms. The van der Waals surface area contributed by atoms with E-state index in [1.54, 1.807) is 22.7 Å². The van der Waals surface area contributed by atoms with Gasteiger partial charge in [-0.15, -0.1) is 22.7 Å². The van der Waals surface area contributed by atoms with E-state index < -0.39 is 0 Å². The van der Waals surface area contributed by atoms with Gasteiger partial charge in [0.15, 0.2) is 0 Å². The highest BCUT2D eigenvalue weighted by Gasteiger charge is 2.10. The molecule has 2 nitrogen and oxygen atoms in total. The van der Waals surface area contributed by atoms with Crippen molar-refractivity contribution in [2.75, 3.05) is 0 Å². The molecule has 11 aromatic carbocycles. The zero-order valence-corrected chi connectivity index (χ0v) is 61.5. The van der Waals surface area contributed by atoms with Gasteiger partial charge < -0.3 is 0 Å². The summed E-state index contributed by atoms with van der Waals surface area (Å²) in [4.78, 5) is 9.29. The largest absolute Gasteiger partial charge is 0.239 e. The lowest BCUT2D eigenvalue weighted by atomic mass is 10.0. The summed E-state index contributed by atoms with van der Waals surface area (Å²) in [5.74, 6) is 39.6. The molecule has 15 rings (SSSR count). The molecule has 442 valence electrons. The molecule has 0 aliphatic carbocycles. The Hall–Kier alpha value is -8.58. The van der Waals surface area contributed by atoms with Gasteiger partial charge in [-0.25, -0.2) is 9.97 Å². The molecule has 0 saturated heterocycles. The maximum absolute atomic E-state index is 4.65. The highest BCUT2D eigenvalue weighted by molar-refractivity contribution is 14.1. The Morgan fingerprint density at radius 2 is 0.574 bits per heavy atom. The number of thiophene rings is 2. The number of benzene rings is 11. The predicted octanol–water partition coefficient (Wildman–Crippen LogP) is 23.6. The zero-order chi connectivity index (χ0) is 64.3. The smallest absolute Gasteiger partial charge is 0.114 e.